The van der Waals surface area contributed by atoms with E-state index in [-0.39, 0.29) is 16.1 Å². The second-order valence-electron chi connectivity index (χ2n) is 8.54. The summed E-state index contributed by atoms with van der Waals surface area (Å²) >= 11 is 0. The highest BCUT2D eigenvalue weighted by Gasteiger charge is 2.25. The summed E-state index contributed by atoms with van der Waals surface area (Å²) < 4.78 is 41.5. The minimum Gasteiger partial charge on any atom is -0.478 e. The highest BCUT2D eigenvalue weighted by molar-refractivity contribution is 7.92. The molecule has 0 spiro atoms. The number of aryl methyl sites for hydroxylation is 1. The van der Waals surface area contributed by atoms with Crippen LogP contribution in [0.15, 0.2) is 65.7 Å². The predicted molar refractivity (Wildman–Crippen MR) is 128 cm³/mol. The molecule has 2 heterocycles. The van der Waals surface area contributed by atoms with Gasteiger partial charge in [0.25, 0.3) is 10.0 Å². The largest absolute Gasteiger partial charge is 0.478 e. The normalized spacial score (nSPS) is 14.7. The van der Waals surface area contributed by atoms with Crippen molar-refractivity contribution in [3.05, 3.63) is 83.3 Å². The Kier molecular flexibility index (Phi) is 6.83. The molecule has 1 aliphatic heterocycles. The summed E-state index contributed by atoms with van der Waals surface area (Å²) in [6.07, 6.45) is 4.09. The van der Waals surface area contributed by atoms with Gasteiger partial charge in [-0.25, -0.2) is 22.6 Å². The maximum absolute atomic E-state index is 13.6. The molecule has 0 amide bonds. The van der Waals surface area contributed by atoms with Gasteiger partial charge in [0.2, 0.25) is 0 Å². The summed E-state index contributed by atoms with van der Waals surface area (Å²) in [5.74, 6) is -1.05. The lowest BCUT2D eigenvalue weighted by Gasteiger charge is -2.33. The number of hydrogen-bond donors (Lipinski definition) is 2. The van der Waals surface area contributed by atoms with Crippen molar-refractivity contribution in [2.24, 2.45) is 5.92 Å². The second-order valence-corrected chi connectivity index (χ2v) is 10.2. The molecule has 7 nitrogen and oxygen atoms in total. The van der Waals surface area contributed by atoms with Gasteiger partial charge in [0, 0.05) is 13.1 Å². The zero-order valence-corrected chi connectivity index (χ0v) is 19.6. The number of benzene rings is 2. The van der Waals surface area contributed by atoms with Crippen LogP contribution < -0.4 is 9.62 Å². The summed E-state index contributed by atoms with van der Waals surface area (Å²) in [7, 11) is -4.12. The van der Waals surface area contributed by atoms with Crippen LogP contribution in [0.5, 0.6) is 0 Å². The van der Waals surface area contributed by atoms with Crippen molar-refractivity contribution in [1.82, 2.24) is 4.98 Å². The molecule has 2 aromatic carbocycles. The summed E-state index contributed by atoms with van der Waals surface area (Å²) in [5, 5.41) is 9.77. The van der Waals surface area contributed by atoms with Gasteiger partial charge in [0.15, 0.2) is 0 Å². The molecule has 0 bridgehead atoms. The lowest BCUT2D eigenvalue weighted by molar-refractivity contribution is 0.0697. The molecule has 1 fully saturated rings. The fraction of sp³-hybridized carbons (Fsp3) is 0.280. The lowest BCUT2D eigenvalue weighted by atomic mass is 9.90. The molecule has 9 heteroatoms. The summed E-state index contributed by atoms with van der Waals surface area (Å²) in [5.41, 5.74) is 1.58. The molecule has 4 rings (SSSR count). The van der Waals surface area contributed by atoms with Crippen LogP contribution in [-0.2, 0) is 16.4 Å². The molecule has 1 saturated heterocycles. The number of carboxylic acid groups (broad SMARTS) is 1. The molecule has 3 aromatic rings. The van der Waals surface area contributed by atoms with Gasteiger partial charge in [0.1, 0.15) is 17.2 Å². The first kappa shape index (κ1) is 23.7. The first-order valence-electron chi connectivity index (χ1n) is 11.0. The molecule has 2 N–H and O–H groups in total. The van der Waals surface area contributed by atoms with Crippen LogP contribution in [0.25, 0.3) is 0 Å². The lowest BCUT2D eigenvalue weighted by Crippen LogP contribution is -2.36. The maximum atomic E-state index is 13.6. The van der Waals surface area contributed by atoms with Crippen LogP contribution >= 0.6 is 0 Å². The number of nitrogens with one attached hydrogen (secondary N) is 1. The standard InChI is InChI=1S/C25H26FN3O4S/c1-17-7-8-20(26)14-23(17)34(32,33)28-21-15-22(25(30)31)24(27-16-21)29-11-9-19(10-12-29)13-18-5-3-2-4-6-18/h2-8,14-16,19,28H,9-13H2,1H3,(H,30,31). The molecule has 0 atom stereocenters. The molecule has 0 unspecified atom stereocenters. The highest BCUT2D eigenvalue weighted by atomic mass is 32.2. The van der Waals surface area contributed by atoms with E-state index >= 15 is 0 Å². The van der Waals surface area contributed by atoms with Crippen molar-refractivity contribution in [1.29, 1.82) is 0 Å². The number of carboxylic acids is 1. The Morgan fingerprint density at radius 3 is 2.53 bits per heavy atom. The first-order chi connectivity index (χ1) is 16.2. The SMILES string of the molecule is Cc1ccc(F)cc1S(=O)(=O)Nc1cnc(N2CCC(Cc3ccccc3)CC2)c(C(=O)O)c1. The Hall–Kier alpha value is -3.46. The van der Waals surface area contributed by atoms with E-state index in [9.17, 15) is 22.7 Å². The monoisotopic (exact) mass is 483 g/mol. The van der Waals surface area contributed by atoms with Gasteiger partial charge in [-0.2, -0.15) is 0 Å². The maximum Gasteiger partial charge on any atom is 0.339 e. The van der Waals surface area contributed by atoms with Crippen LogP contribution in [0.3, 0.4) is 0 Å². The van der Waals surface area contributed by atoms with E-state index in [1.165, 1.54) is 30.0 Å². The Morgan fingerprint density at radius 2 is 1.85 bits per heavy atom. The van der Waals surface area contributed by atoms with E-state index in [0.717, 1.165) is 25.3 Å². The van der Waals surface area contributed by atoms with Gasteiger partial charge in [-0.15, -0.1) is 0 Å². The Balaban J connectivity index is 1.50. The highest BCUT2D eigenvalue weighted by Crippen LogP contribution is 2.29. The van der Waals surface area contributed by atoms with Crippen molar-refractivity contribution in [2.45, 2.75) is 31.1 Å². The van der Waals surface area contributed by atoms with Crippen LogP contribution in [0.1, 0.15) is 34.3 Å². The third-order valence-corrected chi connectivity index (χ3v) is 7.59. The van der Waals surface area contributed by atoms with Gasteiger partial charge in [-0.3, -0.25) is 4.72 Å². The van der Waals surface area contributed by atoms with Gasteiger partial charge >= 0.3 is 5.97 Å². The van der Waals surface area contributed by atoms with Crippen LogP contribution in [0, 0.1) is 18.7 Å². The van der Waals surface area contributed by atoms with Crippen LogP contribution in [0.4, 0.5) is 15.9 Å². The van der Waals surface area contributed by atoms with Crippen molar-refractivity contribution in [3.8, 4) is 0 Å². The summed E-state index contributed by atoms with van der Waals surface area (Å²) in [4.78, 5) is 18.0. The molecule has 34 heavy (non-hydrogen) atoms. The Labute approximate surface area is 198 Å². The number of sulfonamides is 1. The zero-order valence-electron chi connectivity index (χ0n) is 18.7. The fourth-order valence-corrected chi connectivity index (χ4v) is 5.58. The molecule has 1 aliphatic rings. The van der Waals surface area contributed by atoms with E-state index < -0.39 is 21.8 Å². The second kappa shape index (κ2) is 9.80. The number of carbonyl (C=O) groups is 1. The smallest absolute Gasteiger partial charge is 0.339 e. The number of nitrogens with zero attached hydrogens (tertiary/aromatic N) is 2. The van der Waals surface area contributed by atoms with Crippen LogP contribution in [0.2, 0.25) is 0 Å². The third kappa shape index (κ3) is 5.36. The fourth-order valence-electron chi connectivity index (χ4n) is 4.29. The number of piperidine rings is 1. The minimum absolute atomic E-state index is 0.00350. The van der Waals surface area contributed by atoms with Crippen LogP contribution in [-0.4, -0.2) is 37.6 Å². The van der Waals surface area contributed by atoms with Crippen molar-refractivity contribution < 1.29 is 22.7 Å². The molecule has 0 radical (unpaired) electrons. The Bertz CT molecular complexity index is 1290. The average Bonchev–Trinajstić information content (AvgIpc) is 2.81. The average molecular weight is 484 g/mol. The summed E-state index contributed by atoms with van der Waals surface area (Å²) in [6, 6.07) is 15.0. The van der Waals surface area contributed by atoms with Crippen molar-refractivity contribution >= 4 is 27.5 Å². The van der Waals surface area contributed by atoms with Gasteiger partial charge in [-0.05, 0) is 61.4 Å². The van der Waals surface area contributed by atoms with Crippen molar-refractivity contribution in [3.63, 3.8) is 0 Å². The Morgan fingerprint density at radius 1 is 1.15 bits per heavy atom. The molecule has 178 valence electrons. The summed E-state index contributed by atoms with van der Waals surface area (Å²) in [6.45, 7) is 2.89. The number of hydrogen-bond acceptors (Lipinski definition) is 5. The van der Waals surface area contributed by atoms with E-state index in [1.807, 2.05) is 23.1 Å². The number of halogens is 1. The van der Waals surface area contributed by atoms with Gasteiger partial charge in [0.05, 0.1) is 16.8 Å². The van der Waals surface area contributed by atoms with Gasteiger partial charge in [-0.1, -0.05) is 36.4 Å². The molecular formula is C25H26FN3O4S. The number of anilines is 2. The van der Waals surface area contributed by atoms with E-state index in [1.54, 1.807) is 6.92 Å². The quantitative estimate of drug-likeness (QED) is 0.514. The molecular weight excluding hydrogens is 457 g/mol. The molecule has 1 aromatic heterocycles. The van der Waals surface area contributed by atoms with Crippen molar-refractivity contribution in [2.75, 3.05) is 22.7 Å². The number of aromatic carboxylic acids is 1. The predicted octanol–water partition coefficient (Wildman–Crippen LogP) is 4.49. The third-order valence-electron chi connectivity index (χ3n) is 6.07. The minimum atomic E-state index is -4.12. The number of aromatic nitrogens is 1. The van der Waals surface area contributed by atoms with E-state index in [0.29, 0.717) is 30.4 Å². The van der Waals surface area contributed by atoms with E-state index in [4.69, 9.17) is 0 Å². The van der Waals surface area contributed by atoms with Gasteiger partial charge < -0.3 is 10.0 Å². The number of pyridine rings is 1. The number of rotatable bonds is 7. The van der Waals surface area contributed by atoms with E-state index in [2.05, 4.69) is 21.8 Å². The molecule has 0 aliphatic carbocycles. The first-order valence-corrected chi connectivity index (χ1v) is 12.5. The molecule has 0 saturated carbocycles. The zero-order chi connectivity index (χ0) is 24.3. The topological polar surface area (TPSA) is 99.6 Å².